The van der Waals surface area contributed by atoms with Gasteiger partial charge in [0, 0.05) is 6.54 Å². The van der Waals surface area contributed by atoms with Gasteiger partial charge in [-0.1, -0.05) is 24.3 Å². The third-order valence-corrected chi connectivity index (χ3v) is 4.62. The van der Waals surface area contributed by atoms with Gasteiger partial charge in [-0.3, -0.25) is 9.59 Å². The lowest BCUT2D eigenvalue weighted by Gasteiger charge is -2.08. The molecule has 0 aliphatic heterocycles. The fraction of sp³-hybridized carbons (Fsp3) is 0.286. The molecule has 1 aliphatic rings. The van der Waals surface area contributed by atoms with Gasteiger partial charge in [0.25, 0.3) is 0 Å². The molecule has 2 aromatic carbocycles. The maximum absolute atomic E-state index is 12.3. The van der Waals surface area contributed by atoms with Crippen LogP contribution in [0.4, 0.5) is 5.69 Å². The molecular weight excluding hydrogens is 342 g/mol. The molecule has 0 saturated heterocycles. The van der Waals surface area contributed by atoms with E-state index in [1.807, 2.05) is 30.3 Å². The van der Waals surface area contributed by atoms with E-state index in [0.717, 1.165) is 11.3 Å². The summed E-state index contributed by atoms with van der Waals surface area (Å²) in [5.74, 6) is -0.175. The van der Waals surface area contributed by atoms with E-state index in [9.17, 15) is 9.59 Å². The predicted octanol–water partition coefficient (Wildman–Crippen LogP) is 2.50. The van der Waals surface area contributed by atoms with E-state index < -0.39 is 0 Å². The average molecular weight is 363 g/mol. The molecule has 2 amide bonds. The van der Waals surface area contributed by atoms with Crippen LogP contribution >= 0.6 is 0 Å². The van der Waals surface area contributed by atoms with Gasteiger partial charge >= 0.3 is 0 Å². The summed E-state index contributed by atoms with van der Waals surface area (Å²) in [5.41, 5.74) is 1.97. The van der Waals surface area contributed by atoms with Crippen molar-refractivity contribution in [3.8, 4) is 11.8 Å². The van der Waals surface area contributed by atoms with Crippen molar-refractivity contribution >= 4 is 17.5 Å². The van der Waals surface area contributed by atoms with E-state index in [1.165, 1.54) is 0 Å². The summed E-state index contributed by atoms with van der Waals surface area (Å²) in [6, 6.07) is 16.6. The molecule has 2 aromatic rings. The second kappa shape index (κ2) is 8.37. The zero-order valence-electron chi connectivity index (χ0n) is 15.1. The van der Waals surface area contributed by atoms with Crippen molar-refractivity contribution in [2.24, 2.45) is 11.8 Å². The van der Waals surface area contributed by atoms with E-state index in [0.29, 0.717) is 30.6 Å². The number of carbonyl (C=O) groups excluding carboxylic acids is 2. The maximum atomic E-state index is 12.3. The van der Waals surface area contributed by atoms with Gasteiger partial charge in [0.1, 0.15) is 11.8 Å². The molecule has 27 heavy (non-hydrogen) atoms. The highest BCUT2D eigenvalue weighted by Crippen LogP contribution is 2.39. The molecule has 0 heterocycles. The number of nitrogens with zero attached hydrogens (tertiary/aromatic N) is 1. The minimum absolute atomic E-state index is 0.105. The van der Waals surface area contributed by atoms with Gasteiger partial charge in [-0.15, -0.1) is 0 Å². The SMILES string of the molecule is COc1cccc(CCNC(=O)C2CC2C(=O)Nc2ccccc2C#N)c1. The molecule has 3 rings (SSSR count). The van der Waals surface area contributed by atoms with Gasteiger partial charge in [-0.25, -0.2) is 0 Å². The second-order valence-electron chi connectivity index (χ2n) is 6.49. The molecule has 1 aliphatic carbocycles. The van der Waals surface area contributed by atoms with E-state index in [2.05, 4.69) is 10.6 Å². The monoisotopic (exact) mass is 363 g/mol. The van der Waals surface area contributed by atoms with Crippen LogP contribution in [0.3, 0.4) is 0 Å². The number of hydrogen-bond donors (Lipinski definition) is 2. The van der Waals surface area contributed by atoms with Crippen molar-refractivity contribution in [1.29, 1.82) is 5.26 Å². The molecule has 0 aromatic heterocycles. The van der Waals surface area contributed by atoms with E-state index in [1.54, 1.807) is 31.4 Å². The van der Waals surface area contributed by atoms with Crippen molar-refractivity contribution in [3.63, 3.8) is 0 Å². The highest BCUT2D eigenvalue weighted by Gasteiger charge is 2.47. The third kappa shape index (κ3) is 4.64. The number of benzene rings is 2. The van der Waals surface area contributed by atoms with Crippen LogP contribution in [0.1, 0.15) is 17.5 Å². The lowest BCUT2D eigenvalue weighted by atomic mass is 10.1. The number of hydrogen-bond acceptors (Lipinski definition) is 4. The number of para-hydroxylation sites is 1. The molecule has 0 bridgehead atoms. The van der Waals surface area contributed by atoms with E-state index in [4.69, 9.17) is 10.00 Å². The second-order valence-corrected chi connectivity index (χ2v) is 6.49. The van der Waals surface area contributed by atoms with Crippen LogP contribution < -0.4 is 15.4 Å². The number of ether oxygens (including phenoxy) is 1. The number of nitriles is 1. The summed E-state index contributed by atoms with van der Waals surface area (Å²) in [7, 11) is 1.62. The number of amides is 2. The molecule has 1 fully saturated rings. The fourth-order valence-electron chi connectivity index (χ4n) is 2.98. The molecule has 2 atom stereocenters. The Hall–Kier alpha value is -3.33. The number of rotatable bonds is 7. The number of carbonyl (C=O) groups is 2. The molecule has 2 N–H and O–H groups in total. The van der Waals surface area contributed by atoms with Gasteiger partial charge in [-0.05, 0) is 42.7 Å². The molecule has 1 saturated carbocycles. The van der Waals surface area contributed by atoms with Crippen molar-refractivity contribution in [2.75, 3.05) is 19.0 Å². The van der Waals surface area contributed by atoms with Crippen LogP contribution in [-0.4, -0.2) is 25.5 Å². The first kappa shape index (κ1) is 18.5. The van der Waals surface area contributed by atoms with Gasteiger partial charge < -0.3 is 15.4 Å². The topological polar surface area (TPSA) is 91.2 Å². The Labute approximate surface area is 158 Å². The van der Waals surface area contributed by atoms with Crippen molar-refractivity contribution in [2.45, 2.75) is 12.8 Å². The summed E-state index contributed by atoms with van der Waals surface area (Å²) in [6.45, 7) is 0.508. The minimum Gasteiger partial charge on any atom is -0.497 e. The number of methoxy groups -OCH3 is 1. The normalized spacial score (nSPS) is 17.5. The lowest BCUT2D eigenvalue weighted by molar-refractivity contribution is -0.125. The Kier molecular flexibility index (Phi) is 5.72. The quantitative estimate of drug-likeness (QED) is 0.791. The summed E-state index contributed by atoms with van der Waals surface area (Å²) in [4.78, 5) is 24.6. The average Bonchev–Trinajstić information content (AvgIpc) is 3.49. The Bertz CT molecular complexity index is 888. The molecule has 2 unspecified atom stereocenters. The standard InChI is InChI=1S/C21H21N3O3/c1-27-16-7-4-5-14(11-16)9-10-23-20(25)17-12-18(17)21(26)24-19-8-3-2-6-15(19)13-22/h2-8,11,17-18H,9-10,12H2,1H3,(H,23,25)(H,24,26). The van der Waals surface area contributed by atoms with Crippen LogP contribution in [0, 0.1) is 23.2 Å². The third-order valence-electron chi connectivity index (χ3n) is 4.62. The van der Waals surface area contributed by atoms with Crippen molar-refractivity contribution in [1.82, 2.24) is 5.32 Å². The Morgan fingerprint density at radius 3 is 2.70 bits per heavy atom. The molecule has 0 radical (unpaired) electrons. The van der Waals surface area contributed by atoms with Crippen LogP contribution in [0.15, 0.2) is 48.5 Å². The number of anilines is 1. The summed E-state index contributed by atoms with van der Waals surface area (Å²) in [5, 5.41) is 14.7. The van der Waals surface area contributed by atoms with Gasteiger partial charge in [-0.2, -0.15) is 5.26 Å². The highest BCUT2D eigenvalue weighted by atomic mass is 16.5. The zero-order valence-corrected chi connectivity index (χ0v) is 15.1. The van der Waals surface area contributed by atoms with Crippen LogP contribution in [0.2, 0.25) is 0 Å². The Balaban J connectivity index is 1.46. The molecule has 0 spiro atoms. The van der Waals surface area contributed by atoms with Gasteiger partial charge in [0.15, 0.2) is 0 Å². The number of nitrogens with one attached hydrogen (secondary N) is 2. The minimum atomic E-state index is -0.339. The Morgan fingerprint density at radius 2 is 1.93 bits per heavy atom. The zero-order chi connectivity index (χ0) is 19.2. The van der Waals surface area contributed by atoms with E-state index >= 15 is 0 Å². The fourth-order valence-corrected chi connectivity index (χ4v) is 2.98. The van der Waals surface area contributed by atoms with Crippen molar-refractivity contribution in [3.05, 3.63) is 59.7 Å². The molecule has 6 heteroatoms. The summed E-state index contributed by atoms with van der Waals surface area (Å²) >= 11 is 0. The Morgan fingerprint density at radius 1 is 1.15 bits per heavy atom. The van der Waals surface area contributed by atoms with Crippen LogP contribution in [0.5, 0.6) is 5.75 Å². The summed E-state index contributed by atoms with van der Waals surface area (Å²) < 4.78 is 5.18. The maximum Gasteiger partial charge on any atom is 0.228 e. The molecule has 138 valence electrons. The lowest BCUT2D eigenvalue weighted by Crippen LogP contribution is -2.29. The van der Waals surface area contributed by atoms with Gasteiger partial charge in [0.05, 0.1) is 30.2 Å². The highest BCUT2D eigenvalue weighted by molar-refractivity contribution is 6.00. The van der Waals surface area contributed by atoms with Gasteiger partial charge in [0.2, 0.25) is 11.8 Å². The first-order valence-corrected chi connectivity index (χ1v) is 8.83. The largest absolute Gasteiger partial charge is 0.497 e. The first-order chi connectivity index (χ1) is 13.1. The summed E-state index contributed by atoms with van der Waals surface area (Å²) in [6.07, 6.45) is 1.23. The molecular formula is C21H21N3O3. The van der Waals surface area contributed by atoms with Crippen LogP contribution in [-0.2, 0) is 16.0 Å². The molecule has 6 nitrogen and oxygen atoms in total. The first-order valence-electron chi connectivity index (χ1n) is 8.83. The predicted molar refractivity (Wildman–Crippen MR) is 101 cm³/mol. The van der Waals surface area contributed by atoms with Crippen LogP contribution in [0.25, 0.3) is 0 Å². The smallest absolute Gasteiger partial charge is 0.228 e. The van der Waals surface area contributed by atoms with Crippen molar-refractivity contribution < 1.29 is 14.3 Å². The van der Waals surface area contributed by atoms with E-state index in [-0.39, 0.29) is 23.7 Å².